The molecule has 0 amide bonds. The van der Waals surface area contributed by atoms with Crippen molar-refractivity contribution in [3.05, 3.63) is 64.5 Å². The van der Waals surface area contributed by atoms with E-state index in [4.69, 9.17) is 69.6 Å². The summed E-state index contributed by atoms with van der Waals surface area (Å²) in [5.41, 5.74) is 1.31. The fraction of sp³-hybridized carbons (Fsp3) is 0.133. The molecule has 22 heavy (non-hydrogen) atoms. The molecular formula is C15H8Cl6O. The van der Waals surface area contributed by atoms with Crippen molar-refractivity contribution in [1.29, 1.82) is 0 Å². The summed E-state index contributed by atoms with van der Waals surface area (Å²) in [6.07, 6.45) is 0. The molecule has 0 radical (unpaired) electrons. The molecule has 0 spiro atoms. The highest BCUT2D eigenvalue weighted by molar-refractivity contribution is 6.48. The molecule has 0 fully saturated rings. The molecule has 0 saturated heterocycles. The highest BCUT2D eigenvalue weighted by Gasteiger charge is 2.25. The van der Waals surface area contributed by atoms with Crippen molar-refractivity contribution in [2.24, 2.45) is 0 Å². The van der Waals surface area contributed by atoms with E-state index in [1.54, 1.807) is 13.8 Å². The fourth-order valence-electron chi connectivity index (χ4n) is 1.92. The molecule has 0 aromatic heterocycles. The van der Waals surface area contributed by atoms with Gasteiger partial charge in [0, 0.05) is 10.0 Å². The Kier molecular flexibility index (Phi) is 5.59. The number of ketones is 1. The van der Waals surface area contributed by atoms with Crippen molar-refractivity contribution in [1.82, 2.24) is 0 Å². The number of halogens is 6. The highest BCUT2D eigenvalue weighted by atomic mass is 35.5. The van der Waals surface area contributed by atoms with Gasteiger partial charge in [0.05, 0.1) is 31.2 Å². The predicted octanol–water partition coefficient (Wildman–Crippen LogP) is 7.45. The number of carbonyl (C=O) groups excluding carboxylic acids is 1. The van der Waals surface area contributed by atoms with E-state index in [1.165, 1.54) is 12.1 Å². The molecule has 0 atom stereocenters. The first-order valence-electron chi connectivity index (χ1n) is 5.99. The topological polar surface area (TPSA) is 17.1 Å². The molecule has 2 aromatic carbocycles. The Labute approximate surface area is 158 Å². The van der Waals surface area contributed by atoms with E-state index >= 15 is 0 Å². The lowest BCUT2D eigenvalue weighted by atomic mass is 9.99. The van der Waals surface area contributed by atoms with Crippen LogP contribution in [0.2, 0.25) is 30.1 Å². The van der Waals surface area contributed by atoms with Gasteiger partial charge in [-0.25, -0.2) is 0 Å². The number of rotatable bonds is 2. The third-order valence-corrected chi connectivity index (χ3v) is 5.58. The van der Waals surface area contributed by atoms with Crippen molar-refractivity contribution >= 4 is 75.4 Å². The monoisotopic (exact) mass is 414 g/mol. The van der Waals surface area contributed by atoms with Crippen molar-refractivity contribution in [2.75, 3.05) is 0 Å². The van der Waals surface area contributed by atoms with Crippen LogP contribution >= 0.6 is 69.6 Å². The summed E-state index contributed by atoms with van der Waals surface area (Å²) in [5, 5.41) is 1.34. The van der Waals surface area contributed by atoms with Gasteiger partial charge < -0.3 is 0 Å². The predicted molar refractivity (Wildman–Crippen MR) is 95.9 cm³/mol. The van der Waals surface area contributed by atoms with E-state index in [0.717, 1.165) is 0 Å². The van der Waals surface area contributed by atoms with Gasteiger partial charge in [-0.1, -0.05) is 69.6 Å². The lowest BCUT2D eigenvalue weighted by Crippen LogP contribution is -2.07. The molecular weight excluding hydrogens is 409 g/mol. The largest absolute Gasteiger partial charge is 0.288 e. The molecule has 0 aliphatic rings. The Bertz CT molecular complexity index is 732. The maximum absolute atomic E-state index is 12.8. The first kappa shape index (κ1) is 18.2. The summed E-state index contributed by atoms with van der Waals surface area (Å²) in [7, 11) is 0. The second-order valence-electron chi connectivity index (χ2n) is 4.64. The molecule has 0 saturated carbocycles. The van der Waals surface area contributed by atoms with Gasteiger partial charge in [-0.3, -0.25) is 4.79 Å². The molecule has 0 heterocycles. The second-order valence-corrected chi connectivity index (χ2v) is 7.02. The molecule has 116 valence electrons. The summed E-state index contributed by atoms with van der Waals surface area (Å²) in [6.45, 7) is 3.38. The molecule has 1 nitrogen and oxygen atoms in total. The van der Waals surface area contributed by atoms with Gasteiger partial charge in [-0.15, -0.1) is 0 Å². The third kappa shape index (κ3) is 3.08. The van der Waals surface area contributed by atoms with Crippen LogP contribution in [0.3, 0.4) is 0 Å². The number of hydrogen-bond donors (Lipinski definition) is 0. The second kappa shape index (κ2) is 6.76. The minimum atomic E-state index is -0.482. The molecule has 2 rings (SSSR count). The Morgan fingerprint density at radius 1 is 0.682 bits per heavy atom. The van der Waals surface area contributed by atoms with E-state index in [2.05, 4.69) is 0 Å². The Balaban J connectivity index is 2.75. The van der Waals surface area contributed by atoms with E-state index in [-0.39, 0.29) is 31.2 Å². The zero-order valence-corrected chi connectivity index (χ0v) is 15.9. The molecule has 0 bridgehead atoms. The van der Waals surface area contributed by atoms with E-state index in [9.17, 15) is 4.79 Å². The SMILES string of the molecule is Cc1c(Cl)cc(Cl)c(C(=O)c2c(Cl)cc(Cl)c(C)c2Cl)c1Cl. The number of hydrogen-bond acceptors (Lipinski definition) is 1. The average molecular weight is 417 g/mol. The van der Waals surface area contributed by atoms with Crippen molar-refractivity contribution < 1.29 is 4.79 Å². The molecule has 0 unspecified atom stereocenters. The normalized spacial score (nSPS) is 10.9. The molecule has 0 aliphatic carbocycles. The molecule has 7 heteroatoms. The third-order valence-electron chi connectivity index (χ3n) is 3.25. The van der Waals surface area contributed by atoms with E-state index in [1.807, 2.05) is 0 Å². The van der Waals surface area contributed by atoms with Crippen LogP contribution in [-0.4, -0.2) is 5.78 Å². The summed E-state index contributed by atoms with van der Waals surface area (Å²) in [5.74, 6) is -0.482. The first-order valence-corrected chi connectivity index (χ1v) is 8.26. The zero-order chi connectivity index (χ0) is 16.8. The van der Waals surface area contributed by atoms with Crippen LogP contribution in [0.1, 0.15) is 27.0 Å². The van der Waals surface area contributed by atoms with Crippen LogP contribution in [0.5, 0.6) is 0 Å². The Morgan fingerprint density at radius 3 is 1.32 bits per heavy atom. The van der Waals surface area contributed by atoms with Gasteiger partial charge in [-0.05, 0) is 37.1 Å². The van der Waals surface area contributed by atoms with Crippen LogP contribution < -0.4 is 0 Å². The average Bonchev–Trinajstić information content (AvgIpc) is 2.42. The summed E-state index contributed by atoms with van der Waals surface area (Å²) >= 11 is 36.7. The Morgan fingerprint density at radius 2 is 1.00 bits per heavy atom. The summed E-state index contributed by atoms with van der Waals surface area (Å²) < 4.78 is 0. The number of carbonyl (C=O) groups is 1. The van der Waals surface area contributed by atoms with Gasteiger partial charge in [0.2, 0.25) is 0 Å². The maximum atomic E-state index is 12.8. The van der Waals surface area contributed by atoms with Crippen molar-refractivity contribution in [3.63, 3.8) is 0 Å². The lowest BCUT2D eigenvalue weighted by Gasteiger charge is -2.14. The van der Waals surface area contributed by atoms with Crippen LogP contribution in [0.25, 0.3) is 0 Å². The summed E-state index contributed by atoms with van der Waals surface area (Å²) in [6, 6.07) is 2.92. The van der Waals surface area contributed by atoms with Crippen LogP contribution in [0, 0.1) is 13.8 Å². The Hall–Kier alpha value is -0.150. The maximum Gasteiger partial charge on any atom is 0.199 e. The van der Waals surface area contributed by atoms with Gasteiger partial charge in [0.1, 0.15) is 0 Å². The van der Waals surface area contributed by atoms with Crippen LogP contribution in [0.15, 0.2) is 12.1 Å². The van der Waals surface area contributed by atoms with E-state index < -0.39 is 5.78 Å². The fourth-order valence-corrected chi connectivity index (χ4v) is 3.79. The van der Waals surface area contributed by atoms with Gasteiger partial charge in [0.25, 0.3) is 0 Å². The van der Waals surface area contributed by atoms with Gasteiger partial charge in [0.15, 0.2) is 5.78 Å². The molecule has 0 N–H and O–H groups in total. The van der Waals surface area contributed by atoms with Gasteiger partial charge in [-0.2, -0.15) is 0 Å². The standard InChI is InChI=1S/C15H8Cl6O/c1-5-7(16)3-9(18)11(13(5)20)15(22)12-10(19)4-8(17)6(2)14(12)21/h3-4H,1-2H3. The quantitative estimate of drug-likeness (QED) is 0.464. The summed E-state index contributed by atoms with van der Waals surface area (Å²) in [4.78, 5) is 12.8. The first-order chi connectivity index (χ1) is 10.2. The zero-order valence-electron chi connectivity index (χ0n) is 11.3. The van der Waals surface area contributed by atoms with Gasteiger partial charge >= 0.3 is 0 Å². The molecule has 0 aliphatic heterocycles. The minimum absolute atomic E-state index is 0.107. The van der Waals surface area contributed by atoms with Crippen molar-refractivity contribution in [3.8, 4) is 0 Å². The highest BCUT2D eigenvalue weighted by Crippen LogP contribution is 2.39. The number of benzene rings is 2. The smallest absolute Gasteiger partial charge is 0.199 e. The minimum Gasteiger partial charge on any atom is -0.288 e. The lowest BCUT2D eigenvalue weighted by molar-refractivity contribution is 0.103. The van der Waals surface area contributed by atoms with Crippen LogP contribution in [-0.2, 0) is 0 Å². The van der Waals surface area contributed by atoms with Crippen LogP contribution in [0.4, 0.5) is 0 Å². The van der Waals surface area contributed by atoms with Crippen molar-refractivity contribution in [2.45, 2.75) is 13.8 Å². The van der Waals surface area contributed by atoms with E-state index in [0.29, 0.717) is 21.2 Å². The molecule has 2 aromatic rings.